The lowest BCUT2D eigenvalue weighted by Gasteiger charge is -2.33. The van der Waals surface area contributed by atoms with Crippen molar-refractivity contribution in [2.45, 2.75) is 25.4 Å². The molecule has 3 rings (SSSR count). The second-order valence-corrected chi connectivity index (χ2v) is 6.32. The summed E-state index contributed by atoms with van der Waals surface area (Å²) in [6, 6.07) is 6.29. The van der Waals surface area contributed by atoms with Gasteiger partial charge in [0, 0.05) is 32.7 Å². The van der Waals surface area contributed by atoms with E-state index >= 15 is 0 Å². The fourth-order valence-corrected chi connectivity index (χ4v) is 3.29. The summed E-state index contributed by atoms with van der Waals surface area (Å²) in [4.78, 5) is 4.65. The van der Waals surface area contributed by atoms with Crippen molar-refractivity contribution in [1.82, 2.24) is 9.80 Å². The number of nitrogens with zero attached hydrogens (tertiary/aromatic N) is 2. The number of aryl methyl sites for hydroxylation is 1. The Bertz CT molecular complexity index is 470. The van der Waals surface area contributed by atoms with Gasteiger partial charge in [0.25, 0.3) is 0 Å². The molecule has 0 radical (unpaired) electrons. The number of aliphatic hydroxyl groups is 1. The Morgan fingerprint density at radius 1 is 1.19 bits per heavy atom. The normalized spacial score (nSPS) is 21.2. The van der Waals surface area contributed by atoms with E-state index in [2.05, 4.69) is 29.0 Å². The van der Waals surface area contributed by atoms with Crippen molar-refractivity contribution >= 4 is 0 Å². The Balaban J connectivity index is 1.48. The third-order valence-corrected chi connectivity index (χ3v) is 4.60. The maximum Gasteiger partial charge on any atom is 0.122 e. The summed E-state index contributed by atoms with van der Waals surface area (Å²) in [5, 5.41) is 10.2. The zero-order valence-electron chi connectivity index (χ0n) is 12.9. The number of hydrogen-bond donors (Lipinski definition) is 1. The zero-order chi connectivity index (χ0) is 14.7. The minimum absolute atomic E-state index is 0.392. The smallest absolute Gasteiger partial charge is 0.122 e. The molecule has 0 aromatic heterocycles. The second-order valence-electron chi connectivity index (χ2n) is 6.32. The highest BCUT2D eigenvalue weighted by Crippen LogP contribution is 2.30. The molecule has 1 aromatic carbocycles. The summed E-state index contributed by atoms with van der Waals surface area (Å²) in [5.41, 5.74) is 2.77. The van der Waals surface area contributed by atoms with Crippen LogP contribution in [0.15, 0.2) is 18.2 Å². The number of likely N-dealkylation sites (N-methyl/N-ethyl adjacent to an activating group) is 1. The van der Waals surface area contributed by atoms with E-state index < -0.39 is 6.10 Å². The van der Waals surface area contributed by atoms with E-state index in [4.69, 9.17) is 4.74 Å². The van der Waals surface area contributed by atoms with Crippen LogP contribution in [0.3, 0.4) is 0 Å². The molecule has 0 amide bonds. The molecule has 1 atom stereocenters. The number of benzene rings is 1. The maximum absolute atomic E-state index is 10.2. The number of hydrogen-bond acceptors (Lipinski definition) is 4. The molecule has 2 aliphatic rings. The SMILES string of the molecule is CN1CCN(C[C@H](O)COc2cccc3c2CCC3)CC1. The van der Waals surface area contributed by atoms with Crippen LogP contribution >= 0.6 is 0 Å². The fraction of sp³-hybridized carbons (Fsp3) is 0.647. The quantitative estimate of drug-likeness (QED) is 0.883. The molecule has 4 heteroatoms. The van der Waals surface area contributed by atoms with Gasteiger partial charge in [0.1, 0.15) is 18.5 Å². The third-order valence-electron chi connectivity index (χ3n) is 4.60. The summed E-state index contributed by atoms with van der Waals surface area (Å²) in [6.45, 7) is 5.34. The molecule has 1 fully saturated rings. The predicted molar refractivity (Wildman–Crippen MR) is 83.9 cm³/mol. The number of ether oxygens (including phenoxy) is 1. The van der Waals surface area contributed by atoms with Crippen molar-refractivity contribution in [3.8, 4) is 5.75 Å². The number of aliphatic hydroxyl groups excluding tert-OH is 1. The molecule has 1 heterocycles. The Morgan fingerprint density at radius 3 is 2.81 bits per heavy atom. The molecule has 0 unspecified atom stereocenters. The van der Waals surface area contributed by atoms with Crippen LogP contribution in [-0.4, -0.2) is 67.4 Å². The van der Waals surface area contributed by atoms with Gasteiger partial charge in [-0.05, 0) is 43.5 Å². The molecule has 1 saturated heterocycles. The Kier molecular flexibility index (Phi) is 4.78. The summed E-state index contributed by atoms with van der Waals surface area (Å²) >= 11 is 0. The summed E-state index contributed by atoms with van der Waals surface area (Å²) in [5.74, 6) is 0.974. The van der Waals surface area contributed by atoms with Crippen LogP contribution in [0, 0.1) is 0 Å². The van der Waals surface area contributed by atoms with Crippen LogP contribution in [0.2, 0.25) is 0 Å². The largest absolute Gasteiger partial charge is 0.491 e. The lowest BCUT2D eigenvalue weighted by Crippen LogP contribution is -2.47. The van der Waals surface area contributed by atoms with Crippen LogP contribution in [0.25, 0.3) is 0 Å². The first-order valence-corrected chi connectivity index (χ1v) is 8.05. The minimum atomic E-state index is -0.411. The van der Waals surface area contributed by atoms with E-state index in [1.54, 1.807) is 0 Å². The molecule has 1 aromatic rings. The highest BCUT2D eigenvalue weighted by Gasteiger charge is 2.19. The van der Waals surface area contributed by atoms with Crippen LogP contribution in [0.1, 0.15) is 17.5 Å². The maximum atomic E-state index is 10.2. The highest BCUT2D eigenvalue weighted by molar-refractivity contribution is 5.43. The average Bonchev–Trinajstić information content (AvgIpc) is 2.96. The van der Waals surface area contributed by atoms with Crippen molar-refractivity contribution in [3.05, 3.63) is 29.3 Å². The molecule has 1 aliphatic heterocycles. The number of rotatable bonds is 5. The second kappa shape index (κ2) is 6.77. The standard InChI is InChI=1S/C17H26N2O2/c1-18-8-10-19(11-9-18)12-15(20)13-21-17-7-3-5-14-4-2-6-16(14)17/h3,5,7,15,20H,2,4,6,8-13H2,1H3/t15-/m0/s1. The van der Waals surface area contributed by atoms with Gasteiger partial charge in [0.15, 0.2) is 0 Å². The van der Waals surface area contributed by atoms with Gasteiger partial charge in [-0.25, -0.2) is 0 Å². The molecule has 0 spiro atoms. The van der Waals surface area contributed by atoms with Gasteiger partial charge in [-0.1, -0.05) is 12.1 Å². The van der Waals surface area contributed by atoms with Gasteiger partial charge in [0.05, 0.1) is 0 Å². The summed E-state index contributed by atoms with van der Waals surface area (Å²) < 4.78 is 5.89. The third kappa shape index (κ3) is 3.76. The van der Waals surface area contributed by atoms with Gasteiger partial charge in [-0.15, -0.1) is 0 Å². The van der Waals surface area contributed by atoms with Crippen LogP contribution in [0.4, 0.5) is 0 Å². The molecule has 4 nitrogen and oxygen atoms in total. The lowest BCUT2D eigenvalue weighted by molar-refractivity contribution is 0.0502. The van der Waals surface area contributed by atoms with Gasteiger partial charge < -0.3 is 14.7 Å². The van der Waals surface area contributed by atoms with Gasteiger partial charge >= 0.3 is 0 Å². The average molecular weight is 290 g/mol. The van der Waals surface area contributed by atoms with Gasteiger partial charge in [0.2, 0.25) is 0 Å². The minimum Gasteiger partial charge on any atom is -0.491 e. The van der Waals surface area contributed by atoms with Crippen LogP contribution in [-0.2, 0) is 12.8 Å². The molecule has 1 aliphatic carbocycles. The first-order chi connectivity index (χ1) is 10.2. The predicted octanol–water partition coefficient (Wildman–Crippen LogP) is 1.16. The Labute approximate surface area is 127 Å². The van der Waals surface area contributed by atoms with Crippen molar-refractivity contribution < 1.29 is 9.84 Å². The monoisotopic (exact) mass is 290 g/mol. The molecular formula is C17H26N2O2. The molecular weight excluding hydrogens is 264 g/mol. The van der Waals surface area contributed by atoms with Crippen LogP contribution < -0.4 is 4.74 Å². The number of β-amino-alcohol motifs (C(OH)–C–C–N with tert-alkyl or cyclic N) is 1. The zero-order valence-corrected chi connectivity index (χ0v) is 12.9. The highest BCUT2D eigenvalue weighted by atomic mass is 16.5. The topological polar surface area (TPSA) is 35.9 Å². The van der Waals surface area contributed by atoms with Gasteiger partial charge in [-0.2, -0.15) is 0 Å². The summed E-state index contributed by atoms with van der Waals surface area (Å²) in [6.07, 6.45) is 3.08. The van der Waals surface area contributed by atoms with Crippen molar-refractivity contribution in [2.75, 3.05) is 46.4 Å². The number of fused-ring (bicyclic) bond motifs is 1. The lowest BCUT2D eigenvalue weighted by atomic mass is 10.1. The Morgan fingerprint density at radius 2 is 2.00 bits per heavy atom. The molecule has 0 bridgehead atoms. The fourth-order valence-electron chi connectivity index (χ4n) is 3.29. The van der Waals surface area contributed by atoms with E-state index in [9.17, 15) is 5.11 Å². The van der Waals surface area contributed by atoms with Crippen LogP contribution in [0.5, 0.6) is 5.75 Å². The first-order valence-electron chi connectivity index (χ1n) is 8.05. The van der Waals surface area contributed by atoms with E-state index in [0.29, 0.717) is 13.2 Å². The summed E-state index contributed by atoms with van der Waals surface area (Å²) in [7, 11) is 2.15. The molecule has 1 N–H and O–H groups in total. The van der Waals surface area contributed by atoms with E-state index in [-0.39, 0.29) is 0 Å². The molecule has 21 heavy (non-hydrogen) atoms. The van der Waals surface area contributed by atoms with Crippen molar-refractivity contribution in [3.63, 3.8) is 0 Å². The Hall–Kier alpha value is -1.10. The van der Waals surface area contributed by atoms with E-state index in [1.807, 2.05) is 6.07 Å². The molecule has 0 saturated carbocycles. The number of piperazine rings is 1. The van der Waals surface area contributed by atoms with Crippen molar-refractivity contribution in [1.29, 1.82) is 0 Å². The van der Waals surface area contributed by atoms with Crippen molar-refractivity contribution in [2.24, 2.45) is 0 Å². The van der Waals surface area contributed by atoms with E-state index in [0.717, 1.165) is 44.8 Å². The van der Waals surface area contributed by atoms with Gasteiger partial charge in [-0.3, -0.25) is 4.90 Å². The first kappa shape index (κ1) is 14.8. The molecule has 116 valence electrons. The van der Waals surface area contributed by atoms with E-state index in [1.165, 1.54) is 17.5 Å².